The van der Waals surface area contributed by atoms with E-state index in [1.165, 1.54) is 154 Å². The molecule has 0 bridgehead atoms. The molecule has 0 rings (SSSR count). The molecule has 0 aliphatic rings. The number of rotatable bonds is 23. The average Bonchev–Trinajstić information content (AvgIpc) is 2.99. The Labute approximate surface area is 382 Å². The zero-order valence-corrected chi connectivity index (χ0v) is 42.7. The standard InChI is InChI=1S/C17H32O2S3.C12H26S.C3H6O.CHCl3.CH5P.CS2.Na.H2O/c1-4-5-6-7-8-9-10-11-12-13-14-21-16(20)22-17(2,3)15(18)19;1-2-3-4-5-6-7-8-9-10-11-12-13;1-3(2)4;2-1(3)4;1-2;2-1-3;;/h4-14H2,1-3H3,(H,18,19);13H,2-12H2,1H3;1-2H3;1H;2H2,1H3;;;1H2/q;;;;;;+1;/i;;;;2T;;;. The van der Waals surface area contributed by atoms with E-state index < -0.39 is 15.0 Å². The van der Waals surface area contributed by atoms with E-state index in [4.69, 9.17) is 53.4 Å². The number of hydrogen-bond acceptors (Lipinski definition) is 9. The van der Waals surface area contributed by atoms with Crippen LogP contribution in [-0.2, 0) is 9.59 Å². The van der Waals surface area contributed by atoms with E-state index in [1.54, 1.807) is 25.6 Å². The number of halogens is 3. The third-order valence-corrected chi connectivity index (χ3v) is 9.19. The first-order chi connectivity index (χ1) is 23.1. The van der Waals surface area contributed by atoms with Gasteiger partial charge < -0.3 is 15.4 Å². The third-order valence-electron chi connectivity index (χ3n) is 6.08. The van der Waals surface area contributed by atoms with Gasteiger partial charge in [-0.2, -0.15) is 12.6 Å². The van der Waals surface area contributed by atoms with Crippen LogP contribution in [-0.4, -0.2) is 58.7 Å². The molecule has 298 valence electrons. The quantitative estimate of drug-likeness (QED) is 0.0260. The maximum Gasteiger partial charge on any atom is 1.00 e. The Kier molecular flexibility index (Phi) is 86.0. The monoisotopic (exact) mass is 909 g/mol. The van der Waals surface area contributed by atoms with Crippen molar-refractivity contribution < 1.29 is 51.2 Å². The Balaban J connectivity index is -0.0000000746. The van der Waals surface area contributed by atoms with Gasteiger partial charge in [0.2, 0.25) is 0 Å². The van der Waals surface area contributed by atoms with E-state index in [0.29, 0.717) is 9.18 Å². The Morgan fingerprint density at radius 3 is 1.30 bits per heavy atom. The van der Waals surface area contributed by atoms with Gasteiger partial charge in [0.1, 0.15) is 14.1 Å². The smallest absolute Gasteiger partial charge is 0.870 e. The number of alkyl halides is 3. The van der Waals surface area contributed by atoms with Crippen LogP contribution in [0.15, 0.2) is 0 Å². The third kappa shape index (κ3) is 93.0. The first kappa shape index (κ1) is 67.5. The summed E-state index contributed by atoms with van der Waals surface area (Å²) in [6, 6.07) is 0. The number of thiocarbonyl (C=S) groups is 3. The minimum absolute atomic E-state index is 0. The number of carboxylic acids is 1. The zero-order valence-electron chi connectivity index (χ0n) is 34.5. The van der Waals surface area contributed by atoms with Crippen LogP contribution in [0.3, 0.4) is 0 Å². The molecular formula is C35H72Cl3NaO4PS6+. The van der Waals surface area contributed by atoms with Gasteiger partial charge in [-0.15, -0.1) is 20.9 Å². The molecule has 0 aromatic heterocycles. The molecule has 0 fully saturated rings. The number of aliphatic carboxylic acids is 1. The van der Waals surface area contributed by atoms with Gasteiger partial charge in [0.25, 0.3) is 0 Å². The summed E-state index contributed by atoms with van der Waals surface area (Å²) in [5, 5.41) is 9.06. The van der Waals surface area contributed by atoms with Crippen LogP contribution < -0.4 is 29.6 Å². The van der Waals surface area contributed by atoms with Gasteiger partial charge in [-0.05, 0) is 76.5 Å². The fourth-order valence-electron chi connectivity index (χ4n) is 3.63. The molecule has 0 heterocycles. The Hall–Kier alpha value is 2.76. The van der Waals surface area contributed by atoms with E-state index in [-0.39, 0.29) is 42.2 Å². The first-order valence-electron chi connectivity index (χ1n) is 17.8. The van der Waals surface area contributed by atoms with Gasteiger partial charge in [-0.1, -0.05) is 195 Å². The number of thioether (sulfide) groups is 2. The Morgan fingerprint density at radius 1 is 0.820 bits per heavy atom. The Bertz CT molecular complexity index is 721. The number of carboxylic acid groups (broad SMARTS) is 1. The van der Waals surface area contributed by atoms with Gasteiger partial charge in [-0.25, -0.2) is 0 Å². The summed E-state index contributed by atoms with van der Waals surface area (Å²) in [5.74, 6) is 1.44. The molecule has 0 aliphatic heterocycles. The van der Waals surface area contributed by atoms with E-state index in [2.05, 4.69) is 50.9 Å². The van der Waals surface area contributed by atoms with E-state index in [1.807, 2.05) is 11.0 Å². The molecule has 4 nitrogen and oxygen atoms in total. The van der Waals surface area contributed by atoms with Gasteiger partial charge in [-0.3, -0.25) is 4.79 Å². The largest absolute Gasteiger partial charge is 1.00 e. The summed E-state index contributed by atoms with van der Waals surface area (Å²) in [6.45, 7) is 12.8. The minimum Gasteiger partial charge on any atom is -0.870 e. The number of carbonyl (C=O) groups excluding carboxylic acids is 1. The van der Waals surface area contributed by atoms with Gasteiger partial charge >= 0.3 is 37.0 Å². The van der Waals surface area contributed by atoms with Gasteiger partial charge in [0.15, 0.2) is 4.30 Å². The van der Waals surface area contributed by atoms with Crippen molar-refractivity contribution in [2.45, 2.75) is 179 Å². The first-order valence-corrected chi connectivity index (χ1v) is 23.2. The molecule has 1 atom stereocenters. The second-order valence-electron chi connectivity index (χ2n) is 11.3. The summed E-state index contributed by atoms with van der Waals surface area (Å²) < 4.78 is 7.34. The molecule has 15 heteroatoms. The number of hydrogen-bond donors (Lipinski definition) is 2. The zero-order chi connectivity index (χ0) is 39.2. The molecule has 2 N–H and O–H groups in total. The normalized spacial score (nSPS) is 9.88. The summed E-state index contributed by atoms with van der Waals surface area (Å²) in [5.41, 5.74) is 0. The maximum atomic E-state index is 11.0. The number of unbranched alkanes of at least 4 members (excludes halogenated alkanes) is 18. The molecule has 0 amide bonds. The summed E-state index contributed by atoms with van der Waals surface area (Å²) in [4.78, 5) is 20.5. The van der Waals surface area contributed by atoms with Crippen LogP contribution in [0.2, 0.25) is 0 Å². The fourth-order valence-corrected chi connectivity index (χ4v) is 6.85. The van der Waals surface area contributed by atoms with E-state index in [0.717, 1.165) is 15.0 Å². The summed E-state index contributed by atoms with van der Waals surface area (Å²) in [7, 11) is 0.333. The van der Waals surface area contributed by atoms with Crippen molar-refractivity contribution in [1.29, 1.82) is 1.28 Å². The molecule has 0 saturated heterocycles. The average molecular weight is 912 g/mol. The van der Waals surface area contributed by atoms with Crippen molar-refractivity contribution >= 4 is 136 Å². The molecule has 0 radical (unpaired) electrons. The van der Waals surface area contributed by atoms with Crippen molar-refractivity contribution in [1.82, 2.24) is 0 Å². The molecular weight excluding hydrogens is 837 g/mol. The molecule has 50 heavy (non-hydrogen) atoms. The second-order valence-corrected chi connectivity index (χ2v) is 18.4. The van der Waals surface area contributed by atoms with Crippen LogP contribution in [0.5, 0.6) is 0 Å². The van der Waals surface area contributed by atoms with Gasteiger partial charge in [0.05, 0.1) is 1.28 Å². The van der Waals surface area contributed by atoms with Crippen LogP contribution in [0, 0.1) is 0 Å². The number of Topliss-reactive ketones (excluding diaryl/α,β-unsaturated/α-hetero) is 1. The minimum atomic E-state index is -0.818. The number of carbonyl (C=O) groups is 2. The predicted molar refractivity (Wildman–Crippen MR) is 248 cm³/mol. The van der Waals surface area contributed by atoms with Crippen LogP contribution in [0.4, 0.5) is 0 Å². The van der Waals surface area contributed by atoms with E-state index >= 15 is 0 Å². The molecule has 1 unspecified atom stereocenters. The topological polar surface area (TPSA) is 84.4 Å². The van der Waals surface area contributed by atoms with E-state index in [9.17, 15) is 9.59 Å². The van der Waals surface area contributed by atoms with Crippen LogP contribution >= 0.6 is 117 Å². The second kappa shape index (κ2) is 63.7. The Morgan fingerprint density at radius 2 is 1.06 bits per heavy atom. The predicted octanol–water partition coefficient (Wildman–Crippen LogP) is 12.4. The van der Waals surface area contributed by atoms with Crippen molar-refractivity contribution in [2.75, 3.05) is 18.2 Å². The van der Waals surface area contributed by atoms with Crippen molar-refractivity contribution in [3.05, 3.63) is 0 Å². The number of ketones is 1. The van der Waals surface area contributed by atoms with Crippen molar-refractivity contribution in [3.8, 4) is 0 Å². The maximum absolute atomic E-state index is 11.0. The molecule has 0 aliphatic carbocycles. The summed E-state index contributed by atoms with van der Waals surface area (Å²) in [6.07, 6.45) is 27.5. The SMILES string of the molecule is CC(C)=O.CCCCCCCCCCCCS.CCCCCCCCCCCCSC(=S)SC(C)(C)C(=O)O.ClC(Cl)Cl.S=C=S.[3H]PC.[H+].[Na+].[OH-]. The van der Waals surface area contributed by atoms with Crippen molar-refractivity contribution in [2.24, 2.45) is 0 Å². The molecule has 0 aromatic carbocycles. The van der Waals surface area contributed by atoms with Gasteiger partial charge in [0, 0.05) is 4.31 Å². The fraction of sp³-hybridized carbons (Fsp3) is 0.886. The molecule has 0 saturated carbocycles. The summed E-state index contributed by atoms with van der Waals surface area (Å²) >= 11 is 34.7. The van der Waals surface area contributed by atoms with Crippen LogP contribution in [0.1, 0.15) is 171 Å². The number of thiol groups is 1. The molecule has 0 spiro atoms. The molecule has 0 aromatic rings. The van der Waals surface area contributed by atoms with Crippen LogP contribution in [0.25, 0.3) is 0 Å². The van der Waals surface area contributed by atoms with Crippen molar-refractivity contribution in [3.63, 3.8) is 0 Å².